The number of aromatic nitrogens is 1. The van der Waals surface area contributed by atoms with Crippen molar-refractivity contribution in [1.29, 1.82) is 0 Å². The molecule has 1 aromatic heterocycles. The minimum Gasteiger partial charge on any atom is -0.451 e. The molecule has 106 valence electrons. The lowest BCUT2D eigenvalue weighted by Crippen LogP contribution is -2.26. The summed E-state index contributed by atoms with van der Waals surface area (Å²) >= 11 is 0. The number of aryl methyl sites for hydroxylation is 2. The third-order valence-corrected chi connectivity index (χ3v) is 5.00. The average Bonchev–Trinajstić information content (AvgIpc) is 3.08. The first kappa shape index (κ1) is 13.3. The van der Waals surface area contributed by atoms with E-state index in [0.29, 0.717) is 17.9 Å². The van der Waals surface area contributed by atoms with Gasteiger partial charge in [-0.05, 0) is 42.5 Å². The highest BCUT2D eigenvalue weighted by Crippen LogP contribution is 2.24. The van der Waals surface area contributed by atoms with Crippen molar-refractivity contribution in [2.75, 3.05) is 6.54 Å². The molecule has 2 aromatic rings. The number of oxazole rings is 1. The van der Waals surface area contributed by atoms with Crippen molar-refractivity contribution in [3.05, 3.63) is 47.7 Å². The Labute approximate surface area is 118 Å². The number of rotatable bonds is 5. The maximum absolute atomic E-state index is 12.2. The van der Waals surface area contributed by atoms with Gasteiger partial charge in [-0.15, -0.1) is 0 Å². The summed E-state index contributed by atoms with van der Waals surface area (Å²) in [5.74, 6) is 0. The molecule has 1 aromatic carbocycles. The van der Waals surface area contributed by atoms with Crippen LogP contribution in [0.4, 0.5) is 0 Å². The first-order valence-corrected chi connectivity index (χ1v) is 8.12. The highest BCUT2D eigenvalue weighted by molar-refractivity contribution is 7.89. The zero-order chi connectivity index (χ0) is 14.0. The Kier molecular flexibility index (Phi) is 3.58. The van der Waals surface area contributed by atoms with E-state index in [1.807, 2.05) is 6.07 Å². The molecule has 1 heterocycles. The molecular weight excluding hydrogens is 276 g/mol. The standard InChI is InChI=1S/C14H16N2O3S/c17-20(18,16-7-6-13-9-19-10-15-13)14-5-4-11-2-1-3-12(11)8-14/h4-5,8-10,16H,1-3,6-7H2. The Morgan fingerprint density at radius 1 is 1.25 bits per heavy atom. The van der Waals surface area contributed by atoms with Gasteiger partial charge >= 0.3 is 0 Å². The van der Waals surface area contributed by atoms with Gasteiger partial charge in [0, 0.05) is 13.0 Å². The summed E-state index contributed by atoms with van der Waals surface area (Å²) in [7, 11) is -3.44. The van der Waals surface area contributed by atoms with Gasteiger partial charge < -0.3 is 4.42 Å². The summed E-state index contributed by atoms with van der Waals surface area (Å²) in [4.78, 5) is 4.30. The molecule has 6 heteroatoms. The maximum Gasteiger partial charge on any atom is 0.240 e. The van der Waals surface area contributed by atoms with Crippen LogP contribution in [0.25, 0.3) is 0 Å². The first-order chi connectivity index (χ1) is 9.65. The Bertz CT molecular complexity index is 693. The van der Waals surface area contributed by atoms with Crippen LogP contribution in [0.3, 0.4) is 0 Å². The number of nitrogens with one attached hydrogen (secondary N) is 1. The van der Waals surface area contributed by atoms with Crippen LogP contribution in [-0.2, 0) is 29.3 Å². The fourth-order valence-corrected chi connectivity index (χ4v) is 3.56. The van der Waals surface area contributed by atoms with Gasteiger partial charge in [-0.3, -0.25) is 0 Å². The van der Waals surface area contributed by atoms with Crippen LogP contribution >= 0.6 is 0 Å². The zero-order valence-corrected chi connectivity index (χ0v) is 11.8. The van der Waals surface area contributed by atoms with Gasteiger partial charge in [0.15, 0.2) is 6.39 Å². The minimum absolute atomic E-state index is 0.311. The lowest BCUT2D eigenvalue weighted by molar-refractivity contribution is 0.555. The SMILES string of the molecule is O=S(=O)(NCCc1cocn1)c1ccc2c(c1)CCC2. The van der Waals surface area contributed by atoms with E-state index in [4.69, 9.17) is 4.42 Å². The molecule has 0 amide bonds. The molecule has 1 N–H and O–H groups in total. The zero-order valence-electron chi connectivity index (χ0n) is 11.0. The second kappa shape index (κ2) is 5.38. The van der Waals surface area contributed by atoms with Gasteiger partial charge in [-0.2, -0.15) is 0 Å². The molecule has 0 atom stereocenters. The number of nitrogens with zero attached hydrogens (tertiary/aromatic N) is 1. The van der Waals surface area contributed by atoms with E-state index in [1.165, 1.54) is 18.2 Å². The van der Waals surface area contributed by atoms with Gasteiger partial charge in [0.05, 0.1) is 10.6 Å². The van der Waals surface area contributed by atoms with Crippen molar-refractivity contribution in [3.63, 3.8) is 0 Å². The molecular formula is C14H16N2O3S. The molecule has 0 unspecified atom stereocenters. The lowest BCUT2D eigenvalue weighted by atomic mass is 10.1. The quantitative estimate of drug-likeness (QED) is 0.910. The van der Waals surface area contributed by atoms with Crippen molar-refractivity contribution in [2.45, 2.75) is 30.6 Å². The highest BCUT2D eigenvalue weighted by Gasteiger charge is 2.18. The lowest BCUT2D eigenvalue weighted by Gasteiger charge is -2.07. The molecule has 0 spiro atoms. The summed E-state index contributed by atoms with van der Waals surface area (Å²) in [5, 5.41) is 0. The monoisotopic (exact) mass is 292 g/mol. The average molecular weight is 292 g/mol. The Balaban J connectivity index is 1.68. The second-order valence-electron chi connectivity index (χ2n) is 4.91. The Hall–Kier alpha value is -1.66. The summed E-state index contributed by atoms with van der Waals surface area (Å²) < 4.78 is 31.9. The van der Waals surface area contributed by atoms with Crippen LogP contribution in [0, 0.1) is 0 Å². The van der Waals surface area contributed by atoms with Crippen molar-refractivity contribution >= 4 is 10.0 Å². The van der Waals surface area contributed by atoms with Crippen molar-refractivity contribution in [3.8, 4) is 0 Å². The van der Waals surface area contributed by atoms with Crippen molar-refractivity contribution in [2.24, 2.45) is 0 Å². The number of fused-ring (bicyclic) bond motifs is 1. The van der Waals surface area contributed by atoms with Crippen LogP contribution in [0.5, 0.6) is 0 Å². The van der Waals surface area contributed by atoms with E-state index in [0.717, 1.165) is 30.5 Å². The van der Waals surface area contributed by atoms with Crippen LogP contribution < -0.4 is 4.72 Å². The van der Waals surface area contributed by atoms with Crippen molar-refractivity contribution in [1.82, 2.24) is 9.71 Å². The molecule has 1 aliphatic carbocycles. The number of benzene rings is 1. The third-order valence-electron chi connectivity index (χ3n) is 3.54. The second-order valence-corrected chi connectivity index (χ2v) is 6.68. The molecule has 0 saturated carbocycles. The van der Waals surface area contributed by atoms with Crippen LogP contribution in [0.2, 0.25) is 0 Å². The molecule has 0 fully saturated rings. The predicted octanol–water partition coefficient (Wildman–Crippen LogP) is 1.68. The number of sulfonamides is 1. The van der Waals surface area contributed by atoms with E-state index in [-0.39, 0.29) is 0 Å². The van der Waals surface area contributed by atoms with Crippen LogP contribution in [0.1, 0.15) is 23.2 Å². The molecule has 20 heavy (non-hydrogen) atoms. The maximum atomic E-state index is 12.2. The Morgan fingerprint density at radius 3 is 2.90 bits per heavy atom. The fraction of sp³-hybridized carbons (Fsp3) is 0.357. The molecule has 0 aliphatic heterocycles. The van der Waals surface area contributed by atoms with E-state index in [2.05, 4.69) is 9.71 Å². The van der Waals surface area contributed by atoms with E-state index in [9.17, 15) is 8.42 Å². The normalized spacial score (nSPS) is 14.4. The summed E-state index contributed by atoms with van der Waals surface area (Å²) in [6.45, 7) is 0.311. The van der Waals surface area contributed by atoms with E-state index in [1.54, 1.807) is 12.1 Å². The van der Waals surface area contributed by atoms with E-state index < -0.39 is 10.0 Å². The summed E-state index contributed by atoms with van der Waals surface area (Å²) in [5.41, 5.74) is 3.16. The third kappa shape index (κ3) is 2.76. The summed E-state index contributed by atoms with van der Waals surface area (Å²) in [6, 6.07) is 5.40. The topological polar surface area (TPSA) is 72.2 Å². The highest BCUT2D eigenvalue weighted by atomic mass is 32.2. The Morgan fingerprint density at radius 2 is 2.10 bits per heavy atom. The smallest absolute Gasteiger partial charge is 0.240 e. The molecule has 0 saturated heterocycles. The van der Waals surface area contributed by atoms with Gasteiger partial charge in [-0.25, -0.2) is 18.1 Å². The molecule has 5 nitrogen and oxygen atoms in total. The number of hydrogen-bond acceptors (Lipinski definition) is 4. The first-order valence-electron chi connectivity index (χ1n) is 6.64. The fourth-order valence-electron chi connectivity index (χ4n) is 2.47. The van der Waals surface area contributed by atoms with Gasteiger partial charge in [0.25, 0.3) is 0 Å². The minimum atomic E-state index is -3.44. The predicted molar refractivity (Wildman–Crippen MR) is 73.9 cm³/mol. The molecule has 1 aliphatic rings. The molecule has 3 rings (SSSR count). The number of hydrogen-bond donors (Lipinski definition) is 1. The van der Waals surface area contributed by atoms with Crippen LogP contribution in [-0.4, -0.2) is 19.9 Å². The molecule has 0 radical (unpaired) electrons. The van der Waals surface area contributed by atoms with Gasteiger partial charge in [0.1, 0.15) is 6.26 Å². The van der Waals surface area contributed by atoms with Gasteiger partial charge in [-0.1, -0.05) is 6.07 Å². The van der Waals surface area contributed by atoms with Gasteiger partial charge in [0.2, 0.25) is 10.0 Å². The van der Waals surface area contributed by atoms with E-state index >= 15 is 0 Å². The largest absolute Gasteiger partial charge is 0.451 e. The molecule has 0 bridgehead atoms. The summed E-state index contributed by atoms with van der Waals surface area (Å²) in [6.07, 6.45) is 6.50. The van der Waals surface area contributed by atoms with Crippen LogP contribution in [0.15, 0.2) is 40.2 Å². The van der Waals surface area contributed by atoms with Crippen molar-refractivity contribution < 1.29 is 12.8 Å².